The van der Waals surface area contributed by atoms with Crippen LogP contribution in [0.1, 0.15) is 41.1 Å². The van der Waals surface area contributed by atoms with Crippen molar-refractivity contribution in [2.45, 2.75) is 33.1 Å². The van der Waals surface area contributed by atoms with Gasteiger partial charge < -0.3 is 20.5 Å². The first-order chi connectivity index (χ1) is 13.0. The molecule has 3 rings (SSSR count). The van der Waals surface area contributed by atoms with E-state index < -0.39 is 5.91 Å². The largest absolute Gasteiger partial charge is 0.494 e. The van der Waals surface area contributed by atoms with Crippen LogP contribution in [0.25, 0.3) is 0 Å². The fourth-order valence-electron chi connectivity index (χ4n) is 3.21. The standard InChI is InChI=1S/C20H24N2O4S/c1-3-25-13-5-7-14(8-6-13)26-11-17(23)22-20-18(19(21)24)15-9-4-12(2)10-16(15)27-20/h5-8,12H,3-4,9-11H2,1-2H3,(H2,21,24)(H,22,23)/t12-/m0/s1. The minimum absolute atomic E-state index is 0.148. The maximum Gasteiger partial charge on any atom is 0.262 e. The molecule has 6 nitrogen and oxygen atoms in total. The molecule has 1 aliphatic carbocycles. The maximum absolute atomic E-state index is 12.3. The summed E-state index contributed by atoms with van der Waals surface area (Å²) in [6.07, 6.45) is 2.76. The zero-order valence-electron chi connectivity index (χ0n) is 15.5. The smallest absolute Gasteiger partial charge is 0.262 e. The third-order valence-electron chi connectivity index (χ3n) is 4.52. The van der Waals surface area contributed by atoms with Gasteiger partial charge in [0.2, 0.25) is 0 Å². The first-order valence-corrected chi connectivity index (χ1v) is 9.89. The summed E-state index contributed by atoms with van der Waals surface area (Å²) >= 11 is 1.45. The van der Waals surface area contributed by atoms with Crippen LogP contribution >= 0.6 is 11.3 Å². The number of fused-ring (bicyclic) bond motifs is 1. The lowest BCUT2D eigenvalue weighted by Crippen LogP contribution is -2.22. The molecule has 1 heterocycles. The van der Waals surface area contributed by atoms with E-state index in [0.29, 0.717) is 28.8 Å². The molecule has 0 fully saturated rings. The zero-order valence-corrected chi connectivity index (χ0v) is 16.4. The van der Waals surface area contributed by atoms with Gasteiger partial charge in [-0.3, -0.25) is 9.59 Å². The van der Waals surface area contributed by atoms with E-state index in [0.717, 1.165) is 35.5 Å². The van der Waals surface area contributed by atoms with E-state index in [4.69, 9.17) is 15.2 Å². The summed E-state index contributed by atoms with van der Waals surface area (Å²) in [7, 11) is 0. The molecule has 0 bridgehead atoms. The zero-order chi connectivity index (χ0) is 19.4. The van der Waals surface area contributed by atoms with E-state index in [2.05, 4.69) is 12.2 Å². The predicted molar refractivity (Wildman–Crippen MR) is 106 cm³/mol. The van der Waals surface area contributed by atoms with Crippen LogP contribution in [-0.4, -0.2) is 25.0 Å². The van der Waals surface area contributed by atoms with Crippen molar-refractivity contribution in [1.82, 2.24) is 0 Å². The number of amides is 2. The number of benzene rings is 1. The minimum atomic E-state index is -0.496. The Morgan fingerprint density at radius 2 is 1.89 bits per heavy atom. The van der Waals surface area contributed by atoms with Crippen LogP contribution in [0.2, 0.25) is 0 Å². The number of rotatable bonds is 7. The van der Waals surface area contributed by atoms with E-state index in [1.54, 1.807) is 24.3 Å². The lowest BCUT2D eigenvalue weighted by molar-refractivity contribution is -0.118. The van der Waals surface area contributed by atoms with E-state index >= 15 is 0 Å². The molecule has 1 aromatic heterocycles. The predicted octanol–water partition coefficient (Wildman–Crippen LogP) is 3.39. The topological polar surface area (TPSA) is 90.7 Å². The second-order valence-corrected chi connectivity index (χ2v) is 7.77. The van der Waals surface area contributed by atoms with Crippen LogP contribution in [0.15, 0.2) is 24.3 Å². The molecule has 2 amide bonds. The molecule has 0 unspecified atom stereocenters. The van der Waals surface area contributed by atoms with Crippen LogP contribution in [-0.2, 0) is 17.6 Å². The molecule has 2 aromatic rings. The van der Waals surface area contributed by atoms with Gasteiger partial charge in [0.15, 0.2) is 6.61 Å². The lowest BCUT2D eigenvalue weighted by atomic mass is 9.88. The molecule has 0 saturated carbocycles. The number of primary amides is 1. The minimum Gasteiger partial charge on any atom is -0.494 e. The highest BCUT2D eigenvalue weighted by atomic mass is 32.1. The highest BCUT2D eigenvalue weighted by Gasteiger charge is 2.27. The van der Waals surface area contributed by atoms with E-state index in [-0.39, 0.29) is 12.5 Å². The molecular weight excluding hydrogens is 364 g/mol. The average Bonchev–Trinajstić information content (AvgIpc) is 2.98. The van der Waals surface area contributed by atoms with Gasteiger partial charge >= 0.3 is 0 Å². The summed E-state index contributed by atoms with van der Waals surface area (Å²) in [5, 5.41) is 3.32. The molecule has 144 valence electrons. The Balaban J connectivity index is 1.64. The Morgan fingerprint density at radius 3 is 2.52 bits per heavy atom. The van der Waals surface area contributed by atoms with E-state index in [9.17, 15) is 9.59 Å². The second-order valence-electron chi connectivity index (χ2n) is 6.66. The van der Waals surface area contributed by atoms with Gasteiger partial charge in [0.25, 0.3) is 11.8 Å². The molecule has 0 spiro atoms. The average molecular weight is 388 g/mol. The Bertz CT molecular complexity index is 829. The molecule has 0 aliphatic heterocycles. The highest BCUT2D eigenvalue weighted by molar-refractivity contribution is 7.17. The monoisotopic (exact) mass is 388 g/mol. The third kappa shape index (κ3) is 4.60. The van der Waals surface area contributed by atoms with Crippen molar-refractivity contribution in [3.05, 3.63) is 40.3 Å². The number of carbonyl (C=O) groups excluding carboxylic acids is 2. The number of carbonyl (C=O) groups is 2. The van der Waals surface area contributed by atoms with Crippen molar-refractivity contribution >= 4 is 28.2 Å². The number of hydrogen-bond donors (Lipinski definition) is 2. The number of nitrogens with two attached hydrogens (primary N) is 1. The normalized spacial score (nSPS) is 15.7. The number of hydrogen-bond acceptors (Lipinski definition) is 5. The van der Waals surface area contributed by atoms with E-state index in [1.165, 1.54) is 11.3 Å². The molecule has 1 aliphatic rings. The SMILES string of the molecule is CCOc1ccc(OCC(=O)Nc2sc3c(c2C(N)=O)CC[C@H](C)C3)cc1. The Hall–Kier alpha value is -2.54. The molecule has 1 atom stereocenters. The van der Waals surface area contributed by atoms with Crippen LogP contribution < -0.4 is 20.5 Å². The maximum atomic E-state index is 12.3. The number of nitrogens with one attached hydrogen (secondary N) is 1. The Morgan fingerprint density at radius 1 is 1.22 bits per heavy atom. The molecule has 7 heteroatoms. The van der Waals surface area contributed by atoms with Gasteiger partial charge in [-0.1, -0.05) is 6.92 Å². The third-order valence-corrected chi connectivity index (χ3v) is 5.69. The van der Waals surface area contributed by atoms with Gasteiger partial charge in [0.05, 0.1) is 12.2 Å². The summed E-state index contributed by atoms with van der Waals surface area (Å²) in [6.45, 7) is 4.55. The first kappa shape index (κ1) is 19.2. The van der Waals surface area contributed by atoms with Crippen LogP contribution in [0.5, 0.6) is 11.5 Å². The Kier molecular flexibility index (Phi) is 6.01. The van der Waals surface area contributed by atoms with Crippen molar-refractivity contribution in [3.8, 4) is 11.5 Å². The van der Waals surface area contributed by atoms with Crippen LogP contribution in [0.3, 0.4) is 0 Å². The summed E-state index contributed by atoms with van der Waals surface area (Å²) in [5.74, 6) is 1.08. The number of anilines is 1. The Labute approximate surface area is 162 Å². The van der Waals surface area contributed by atoms with Crippen LogP contribution in [0.4, 0.5) is 5.00 Å². The lowest BCUT2D eigenvalue weighted by Gasteiger charge is -2.18. The second kappa shape index (κ2) is 8.43. The number of ether oxygens (including phenoxy) is 2. The quantitative estimate of drug-likeness (QED) is 0.761. The van der Waals surface area contributed by atoms with Gasteiger partial charge in [-0.05, 0) is 61.9 Å². The summed E-state index contributed by atoms with van der Waals surface area (Å²) < 4.78 is 10.9. The van der Waals surface area contributed by atoms with Gasteiger partial charge in [0, 0.05) is 4.88 Å². The van der Waals surface area contributed by atoms with Crippen molar-refractivity contribution < 1.29 is 19.1 Å². The van der Waals surface area contributed by atoms with Crippen molar-refractivity contribution in [2.24, 2.45) is 11.7 Å². The highest BCUT2D eigenvalue weighted by Crippen LogP contribution is 2.39. The van der Waals surface area contributed by atoms with Crippen molar-refractivity contribution in [3.63, 3.8) is 0 Å². The molecule has 3 N–H and O–H groups in total. The van der Waals surface area contributed by atoms with Gasteiger partial charge in [0.1, 0.15) is 16.5 Å². The molecular formula is C20H24N2O4S. The van der Waals surface area contributed by atoms with Crippen LogP contribution in [0, 0.1) is 5.92 Å². The molecule has 27 heavy (non-hydrogen) atoms. The van der Waals surface area contributed by atoms with E-state index in [1.807, 2.05) is 6.92 Å². The van der Waals surface area contributed by atoms with Crippen molar-refractivity contribution in [2.75, 3.05) is 18.5 Å². The van der Waals surface area contributed by atoms with Gasteiger partial charge in [-0.15, -0.1) is 11.3 Å². The van der Waals surface area contributed by atoms with Gasteiger partial charge in [-0.25, -0.2) is 0 Å². The molecule has 0 radical (unpaired) electrons. The molecule has 1 aromatic carbocycles. The fraction of sp³-hybridized carbons (Fsp3) is 0.400. The summed E-state index contributed by atoms with van der Waals surface area (Å²) in [5.41, 5.74) is 7.02. The molecule has 0 saturated heterocycles. The summed E-state index contributed by atoms with van der Waals surface area (Å²) in [4.78, 5) is 25.4. The summed E-state index contributed by atoms with van der Waals surface area (Å²) in [6, 6.07) is 7.07. The number of thiophene rings is 1. The van der Waals surface area contributed by atoms with Gasteiger partial charge in [-0.2, -0.15) is 0 Å². The first-order valence-electron chi connectivity index (χ1n) is 9.07. The van der Waals surface area contributed by atoms with Crippen molar-refractivity contribution in [1.29, 1.82) is 0 Å². The fourth-order valence-corrected chi connectivity index (χ4v) is 4.64.